The number of fused-ring (bicyclic) bond motifs is 1. The second-order valence-electron chi connectivity index (χ2n) is 3.29. The summed E-state index contributed by atoms with van der Waals surface area (Å²) in [4.78, 5) is 11.9. The van der Waals surface area contributed by atoms with Crippen molar-refractivity contribution in [3.8, 4) is 5.75 Å². The van der Waals surface area contributed by atoms with Crippen molar-refractivity contribution >= 4 is 31.0 Å². The third-order valence-corrected chi connectivity index (χ3v) is 3.83. The normalized spacial score (nSPS) is 14.2. The Kier molecular flexibility index (Phi) is 3.21. The van der Waals surface area contributed by atoms with Crippen molar-refractivity contribution < 1.29 is 14.6 Å². The second-order valence-corrected chi connectivity index (χ2v) is 4.89. The van der Waals surface area contributed by atoms with Gasteiger partial charge in [-0.3, -0.25) is 0 Å². The maximum Gasteiger partial charge on any atom is 0.339 e. The van der Waals surface area contributed by atoms with Crippen molar-refractivity contribution in [1.82, 2.24) is 0 Å². The number of aryl methyl sites for hydroxylation is 1. The topological polar surface area (TPSA) is 46.5 Å². The van der Waals surface area contributed by atoms with Gasteiger partial charge in [-0.2, -0.15) is 0 Å². The van der Waals surface area contributed by atoms with E-state index < -0.39 is 5.97 Å². The Labute approximate surface area is 99.0 Å². The van der Waals surface area contributed by atoms with Gasteiger partial charge in [0.1, 0.15) is 11.3 Å². The van der Waals surface area contributed by atoms with Crippen LogP contribution in [0.5, 0.6) is 5.75 Å². The molecule has 15 heavy (non-hydrogen) atoms. The van der Waals surface area contributed by atoms with E-state index in [0.717, 1.165) is 23.3 Å². The van der Waals surface area contributed by atoms with Crippen molar-refractivity contribution in [3.05, 3.63) is 23.3 Å². The molecular formula is C10H9BrO3S. The molecule has 0 unspecified atom stereocenters. The molecule has 0 saturated carbocycles. The van der Waals surface area contributed by atoms with Crippen LogP contribution in [0.3, 0.4) is 0 Å². The van der Waals surface area contributed by atoms with E-state index in [-0.39, 0.29) is 5.56 Å². The molecule has 0 fully saturated rings. The number of benzene rings is 1. The lowest BCUT2D eigenvalue weighted by molar-refractivity contribution is 0.0691. The van der Waals surface area contributed by atoms with E-state index >= 15 is 0 Å². The van der Waals surface area contributed by atoms with Crippen molar-refractivity contribution in [2.24, 2.45) is 0 Å². The van der Waals surface area contributed by atoms with E-state index in [9.17, 15) is 4.79 Å². The van der Waals surface area contributed by atoms with E-state index in [2.05, 4.69) is 14.8 Å². The van der Waals surface area contributed by atoms with Gasteiger partial charge < -0.3 is 9.84 Å². The molecule has 1 aliphatic rings. The molecule has 0 aliphatic carbocycles. The molecule has 0 saturated heterocycles. The summed E-state index contributed by atoms with van der Waals surface area (Å²) in [6.45, 7) is 0.605. The van der Waals surface area contributed by atoms with E-state index in [4.69, 9.17) is 9.84 Å². The van der Waals surface area contributed by atoms with Gasteiger partial charge in [0.15, 0.2) is 0 Å². The Morgan fingerprint density at radius 2 is 2.33 bits per heavy atom. The van der Waals surface area contributed by atoms with Crippen molar-refractivity contribution in [2.75, 3.05) is 6.61 Å². The lowest BCUT2D eigenvalue weighted by Gasteiger charge is -2.19. The summed E-state index contributed by atoms with van der Waals surface area (Å²) < 4.78 is 5.41. The Morgan fingerprint density at radius 3 is 3.00 bits per heavy atom. The third-order valence-electron chi connectivity index (χ3n) is 2.30. The standard InChI is InChI=1S/C10H9BrO3S/c11-15-7-4-6-2-1-3-14-9(6)8(5-7)10(12)13/h4-5H,1-3H2,(H,12,13). The van der Waals surface area contributed by atoms with Gasteiger partial charge in [-0.25, -0.2) is 4.79 Å². The van der Waals surface area contributed by atoms with Gasteiger partial charge in [0.2, 0.25) is 0 Å². The summed E-state index contributed by atoms with van der Waals surface area (Å²) >= 11 is 3.25. The predicted octanol–water partition coefficient (Wildman–Crippen LogP) is 3.11. The van der Waals surface area contributed by atoms with Crippen LogP contribution in [0.15, 0.2) is 17.0 Å². The minimum Gasteiger partial charge on any atom is -0.492 e. The van der Waals surface area contributed by atoms with Crippen LogP contribution in [0.1, 0.15) is 22.3 Å². The van der Waals surface area contributed by atoms with Crippen molar-refractivity contribution in [3.63, 3.8) is 0 Å². The van der Waals surface area contributed by atoms with Gasteiger partial charge in [0, 0.05) is 4.90 Å². The minimum atomic E-state index is -0.934. The number of carboxylic acid groups (broad SMARTS) is 1. The van der Waals surface area contributed by atoms with Gasteiger partial charge in [-0.15, -0.1) is 0 Å². The zero-order valence-electron chi connectivity index (χ0n) is 7.83. The van der Waals surface area contributed by atoms with Crippen molar-refractivity contribution in [2.45, 2.75) is 17.7 Å². The van der Waals surface area contributed by atoms with Gasteiger partial charge >= 0.3 is 5.97 Å². The largest absolute Gasteiger partial charge is 0.492 e. The van der Waals surface area contributed by atoms with E-state index in [1.165, 1.54) is 10.2 Å². The van der Waals surface area contributed by atoms with Gasteiger partial charge in [0.25, 0.3) is 0 Å². The zero-order chi connectivity index (χ0) is 10.8. The second kappa shape index (κ2) is 4.45. The maximum atomic E-state index is 11.0. The summed E-state index contributed by atoms with van der Waals surface area (Å²) in [5.74, 6) is -0.393. The van der Waals surface area contributed by atoms with Gasteiger partial charge in [-0.1, -0.05) is 0 Å². The average molecular weight is 289 g/mol. The molecule has 1 heterocycles. The molecule has 0 bridgehead atoms. The van der Waals surface area contributed by atoms with Crippen LogP contribution in [0, 0.1) is 0 Å². The van der Waals surface area contributed by atoms with Crippen LogP contribution in [-0.4, -0.2) is 17.7 Å². The van der Waals surface area contributed by atoms with Crippen LogP contribution in [0.25, 0.3) is 0 Å². The monoisotopic (exact) mass is 288 g/mol. The summed E-state index contributed by atoms with van der Waals surface area (Å²) in [6.07, 6.45) is 1.83. The summed E-state index contributed by atoms with van der Waals surface area (Å²) in [6, 6.07) is 3.60. The minimum absolute atomic E-state index is 0.258. The van der Waals surface area contributed by atoms with Crippen LogP contribution in [0.2, 0.25) is 0 Å². The molecule has 1 aliphatic heterocycles. The fraction of sp³-hybridized carbons (Fsp3) is 0.300. The fourth-order valence-corrected chi connectivity index (χ4v) is 2.57. The molecule has 5 heteroatoms. The quantitative estimate of drug-likeness (QED) is 0.908. The van der Waals surface area contributed by atoms with Crippen molar-refractivity contribution in [1.29, 1.82) is 0 Å². The molecule has 3 nitrogen and oxygen atoms in total. The lowest BCUT2D eigenvalue weighted by Crippen LogP contribution is -2.13. The average Bonchev–Trinajstić information content (AvgIpc) is 2.27. The Hall–Kier alpha value is -0.680. The van der Waals surface area contributed by atoms with E-state index in [0.29, 0.717) is 12.4 Å². The van der Waals surface area contributed by atoms with Crippen LogP contribution in [-0.2, 0) is 6.42 Å². The number of carbonyl (C=O) groups is 1. The highest BCUT2D eigenvalue weighted by atomic mass is 79.9. The van der Waals surface area contributed by atoms with Crippen LogP contribution in [0.4, 0.5) is 0 Å². The number of rotatable bonds is 2. The molecule has 0 spiro atoms. The molecule has 1 N–H and O–H groups in total. The Morgan fingerprint density at radius 1 is 1.53 bits per heavy atom. The highest BCUT2D eigenvalue weighted by Crippen LogP contribution is 2.35. The molecule has 1 aromatic carbocycles. The number of carboxylic acids is 1. The van der Waals surface area contributed by atoms with Crippen LogP contribution >= 0.6 is 25.0 Å². The van der Waals surface area contributed by atoms with E-state index in [1.54, 1.807) is 6.07 Å². The molecule has 1 aromatic rings. The first-order valence-corrected chi connectivity index (χ1v) is 7.20. The Bertz CT molecular complexity index is 406. The maximum absolute atomic E-state index is 11.0. The number of halogens is 1. The molecular weight excluding hydrogens is 280 g/mol. The van der Waals surface area contributed by atoms with Gasteiger partial charge in [0.05, 0.1) is 6.61 Å². The first kappa shape index (κ1) is 10.8. The predicted molar refractivity (Wildman–Crippen MR) is 62.0 cm³/mol. The van der Waals surface area contributed by atoms with Crippen LogP contribution < -0.4 is 4.74 Å². The molecule has 0 atom stereocenters. The first-order valence-electron chi connectivity index (χ1n) is 4.54. The lowest BCUT2D eigenvalue weighted by atomic mass is 10.0. The number of ether oxygens (including phenoxy) is 1. The summed E-state index contributed by atoms with van der Waals surface area (Å²) in [7, 11) is 1.37. The SMILES string of the molecule is O=C(O)c1cc(SBr)cc2c1OCCC2. The van der Waals surface area contributed by atoms with E-state index in [1.807, 2.05) is 6.07 Å². The van der Waals surface area contributed by atoms with Gasteiger partial charge in [-0.05, 0) is 55.5 Å². The smallest absolute Gasteiger partial charge is 0.339 e. The number of hydrogen-bond acceptors (Lipinski definition) is 3. The zero-order valence-corrected chi connectivity index (χ0v) is 10.2. The first-order chi connectivity index (χ1) is 7.22. The fourth-order valence-electron chi connectivity index (χ4n) is 1.66. The third kappa shape index (κ3) is 2.13. The molecule has 2 rings (SSSR count). The molecule has 0 amide bonds. The number of aromatic carboxylic acids is 1. The summed E-state index contributed by atoms with van der Waals surface area (Å²) in [5, 5.41) is 9.06. The number of hydrogen-bond donors (Lipinski definition) is 1. The highest BCUT2D eigenvalue weighted by Gasteiger charge is 2.20. The molecule has 80 valence electrons. The molecule has 0 radical (unpaired) electrons. The highest BCUT2D eigenvalue weighted by molar-refractivity contribution is 9.50. The molecule has 0 aromatic heterocycles. The summed E-state index contributed by atoms with van der Waals surface area (Å²) in [5.41, 5.74) is 1.25. The Balaban J connectivity index is 2.55.